The van der Waals surface area contributed by atoms with E-state index in [1.54, 1.807) is 0 Å². The van der Waals surface area contributed by atoms with Crippen molar-refractivity contribution in [1.29, 1.82) is 0 Å². The summed E-state index contributed by atoms with van der Waals surface area (Å²) in [5.41, 5.74) is 1.23. The van der Waals surface area contributed by atoms with Crippen molar-refractivity contribution in [3.05, 3.63) is 19.1 Å². The second-order valence-electron chi connectivity index (χ2n) is 2.53. The largest absolute Gasteiger partial charge is 0.381 e. The van der Waals surface area contributed by atoms with Crippen LogP contribution in [0.1, 0.15) is 26.2 Å². The Hall–Kier alpha value is -0.300. The highest BCUT2D eigenvalue weighted by molar-refractivity contribution is 4.86. The van der Waals surface area contributed by atoms with Gasteiger partial charge in [-0.1, -0.05) is 12.5 Å². The van der Waals surface area contributed by atoms with Crippen molar-refractivity contribution in [2.45, 2.75) is 26.2 Å². The zero-order valence-corrected chi connectivity index (χ0v) is 6.86. The summed E-state index contributed by atoms with van der Waals surface area (Å²) in [7, 11) is 0. The number of hydrogen-bond acceptors (Lipinski definition) is 1. The molecular formula is C9H17O. The molecule has 10 heavy (non-hydrogen) atoms. The minimum absolute atomic E-state index is 0.788. The van der Waals surface area contributed by atoms with Gasteiger partial charge >= 0.3 is 0 Å². The molecule has 0 aliphatic rings. The Labute approximate surface area is 64.1 Å². The average molecular weight is 141 g/mol. The molecular weight excluding hydrogens is 124 g/mol. The van der Waals surface area contributed by atoms with Gasteiger partial charge in [0.25, 0.3) is 0 Å². The molecule has 0 aromatic rings. The molecule has 0 aliphatic carbocycles. The van der Waals surface area contributed by atoms with E-state index in [-0.39, 0.29) is 0 Å². The minimum Gasteiger partial charge on any atom is -0.381 e. The molecule has 1 radical (unpaired) electrons. The van der Waals surface area contributed by atoms with Crippen molar-refractivity contribution in [3.63, 3.8) is 0 Å². The van der Waals surface area contributed by atoms with Crippen LogP contribution in [0.4, 0.5) is 0 Å². The lowest BCUT2D eigenvalue weighted by Gasteiger charge is -2.00. The molecule has 0 saturated carbocycles. The van der Waals surface area contributed by atoms with E-state index < -0.39 is 0 Å². The lowest BCUT2D eigenvalue weighted by atomic mass is 10.2. The first kappa shape index (κ1) is 9.70. The van der Waals surface area contributed by atoms with Crippen LogP contribution in [0.2, 0.25) is 0 Å². The predicted molar refractivity (Wildman–Crippen MR) is 44.8 cm³/mol. The predicted octanol–water partition coefficient (Wildman–Crippen LogP) is 2.58. The van der Waals surface area contributed by atoms with Crippen LogP contribution >= 0.6 is 0 Å². The van der Waals surface area contributed by atoms with Gasteiger partial charge in [-0.3, -0.25) is 0 Å². The van der Waals surface area contributed by atoms with Gasteiger partial charge in [-0.15, -0.1) is 6.58 Å². The van der Waals surface area contributed by atoms with Gasteiger partial charge in [-0.05, 0) is 26.2 Å². The number of allylic oxidation sites excluding steroid dienone is 1. The molecule has 0 aliphatic heterocycles. The maximum absolute atomic E-state index is 5.23. The van der Waals surface area contributed by atoms with Crippen LogP contribution in [-0.2, 0) is 4.74 Å². The third-order valence-electron chi connectivity index (χ3n) is 1.18. The molecule has 0 unspecified atom stereocenters. The van der Waals surface area contributed by atoms with Crippen molar-refractivity contribution < 1.29 is 4.74 Å². The number of ether oxygens (including phenoxy) is 1. The second kappa shape index (κ2) is 6.81. The van der Waals surface area contributed by atoms with Crippen LogP contribution in [0.3, 0.4) is 0 Å². The average Bonchev–Trinajstić information content (AvgIpc) is 1.87. The fourth-order valence-corrected chi connectivity index (χ4v) is 0.680. The van der Waals surface area contributed by atoms with E-state index in [0.717, 1.165) is 32.5 Å². The molecule has 0 atom stereocenters. The Morgan fingerprint density at radius 3 is 2.60 bits per heavy atom. The topological polar surface area (TPSA) is 9.23 Å². The third kappa shape index (κ3) is 7.70. The summed E-state index contributed by atoms with van der Waals surface area (Å²) in [5.74, 6) is 0. The zero-order valence-electron chi connectivity index (χ0n) is 6.86. The van der Waals surface area contributed by atoms with E-state index in [1.807, 2.05) is 6.92 Å². The second-order valence-corrected chi connectivity index (χ2v) is 2.53. The summed E-state index contributed by atoms with van der Waals surface area (Å²) in [5, 5.41) is 0. The Balaban J connectivity index is 2.84. The van der Waals surface area contributed by atoms with Crippen molar-refractivity contribution in [1.82, 2.24) is 0 Å². The van der Waals surface area contributed by atoms with Crippen LogP contribution in [0, 0.1) is 6.92 Å². The van der Waals surface area contributed by atoms with Crippen LogP contribution in [0.15, 0.2) is 12.2 Å². The highest BCUT2D eigenvalue weighted by Crippen LogP contribution is 1.99. The van der Waals surface area contributed by atoms with Crippen LogP contribution < -0.4 is 0 Å². The molecule has 0 saturated heterocycles. The molecule has 0 amide bonds. The molecule has 0 rings (SSSR count). The van der Waals surface area contributed by atoms with E-state index in [1.165, 1.54) is 5.57 Å². The summed E-state index contributed by atoms with van der Waals surface area (Å²) in [6.07, 6.45) is 3.04. The number of hydrogen-bond donors (Lipinski definition) is 0. The highest BCUT2D eigenvalue weighted by atomic mass is 16.5. The first-order chi connectivity index (χ1) is 4.77. The molecule has 0 bridgehead atoms. The van der Waals surface area contributed by atoms with Gasteiger partial charge in [0.15, 0.2) is 0 Å². The highest BCUT2D eigenvalue weighted by Gasteiger charge is 1.87. The Bertz CT molecular complexity index is 86.7. The SMILES string of the molecule is [CH2]CCOCCCC(=C)C. The monoisotopic (exact) mass is 141 g/mol. The van der Waals surface area contributed by atoms with Crippen LogP contribution in [-0.4, -0.2) is 13.2 Å². The number of rotatable bonds is 6. The molecule has 0 fully saturated rings. The molecule has 1 heteroatoms. The van der Waals surface area contributed by atoms with Crippen molar-refractivity contribution in [2.24, 2.45) is 0 Å². The molecule has 0 aromatic heterocycles. The fourth-order valence-electron chi connectivity index (χ4n) is 0.680. The Morgan fingerprint density at radius 2 is 2.10 bits per heavy atom. The standard InChI is InChI=1S/C9H17O/c1-4-7-10-8-5-6-9(2)3/h1-2,4-8H2,3H3. The Morgan fingerprint density at radius 1 is 1.40 bits per heavy atom. The van der Waals surface area contributed by atoms with Gasteiger partial charge in [-0.2, -0.15) is 0 Å². The summed E-state index contributed by atoms with van der Waals surface area (Å²) < 4.78 is 5.23. The molecule has 0 aromatic carbocycles. The summed E-state index contributed by atoms with van der Waals surface area (Å²) in [4.78, 5) is 0. The van der Waals surface area contributed by atoms with Gasteiger partial charge in [0.1, 0.15) is 0 Å². The van der Waals surface area contributed by atoms with Gasteiger partial charge < -0.3 is 4.74 Å². The van der Waals surface area contributed by atoms with Gasteiger partial charge in [0.05, 0.1) is 0 Å². The first-order valence-corrected chi connectivity index (χ1v) is 3.78. The van der Waals surface area contributed by atoms with E-state index in [0.29, 0.717) is 0 Å². The molecule has 0 heterocycles. The summed E-state index contributed by atoms with van der Waals surface area (Å²) in [6, 6.07) is 0. The maximum atomic E-state index is 5.23. The first-order valence-electron chi connectivity index (χ1n) is 3.78. The van der Waals surface area contributed by atoms with E-state index in [4.69, 9.17) is 4.74 Å². The molecule has 1 nitrogen and oxygen atoms in total. The summed E-state index contributed by atoms with van der Waals surface area (Å²) in [6.45, 7) is 11.2. The quantitative estimate of drug-likeness (QED) is 0.408. The van der Waals surface area contributed by atoms with Gasteiger partial charge in [0.2, 0.25) is 0 Å². The minimum atomic E-state index is 0.788. The van der Waals surface area contributed by atoms with Crippen molar-refractivity contribution in [2.75, 3.05) is 13.2 Å². The molecule has 59 valence electrons. The van der Waals surface area contributed by atoms with Crippen LogP contribution in [0.25, 0.3) is 0 Å². The van der Waals surface area contributed by atoms with Crippen LogP contribution in [0.5, 0.6) is 0 Å². The van der Waals surface area contributed by atoms with Gasteiger partial charge in [0, 0.05) is 13.2 Å². The lowest BCUT2D eigenvalue weighted by Crippen LogP contribution is -1.95. The third-order valence-corrected chi connectivity index (χ3v) is 1.18. The van der Waals surface area contributed by atoms with E-state index in [9.17, 15) is 0 Å². The fraction of sp³-hybridized carbons (Fsp3) is 0.667. The molecule has 0 N–H and O–H groups in total. The van der Waals surface area contributed by atoms with Crippen molar-refractivity contribution in [3.8, 4) is 0 Å². The van der Waals surface area contributed by atoms with Crippen molar-refractivity contribution >= 4 is 0 Å². The normalized spacial score (nSPS) is 9.80. The van der Waals surface area contributed by atoms with Gasteiger partial charge in [-0.25, -0.2) is 0 Å². The maximum Gasteiger partial charge on any atom is 0.0469 e. The molecule has 0 spiro atoms. The Kier molecular flexibility index (Phi) is 6.61. The van der Waals surface area contributed by atoms with E-state index >= 15 is 0 Å². The zero-order chi connectivity index (χ0) is 7.82. The van der Waals surface area contributed by atoms with E-state index in [2.05, 4.69) is 13.5 Å². The lowest BCUT2D eigenvalue weighted by molar-refractivity contribution is 0.136. The summed E-state index contributed by atoms with van der Waals surface area (Å²) >= 11 is 0. The smallest absolute Gasteiger partial charge is 0.0469 e.